The van der Waals surface area contributed by atoms with Gasteiger partial charge in [0.15, 0.2) is 0 Å². The van der Waals surface area contributed by atoms with E-state index >= 15 is 0 Å². The zero-order valence-corrected chi connectivity index (χ0v) is 10.7. The molecule has 0 saturated carbocycles. The van der Waals surface area contributed by atoms with Gasteiger partial charge in [0.1, 0.15) is 9.32 Å². The van der Waals surface area contributed by atoms with E-state index in [1.54, 1.807) is 6.07 Å². The number of H-pyrrole nitrogens is 1. The first kappa shape index (κ1) is 11.3. The van der Waals surface area contributed by atoms with Gasteiger partial charge < -0.3 is 9.72 Å². The van der Waals surface area contributed by atoms with Crippen LogP contribution in [0.15, 0.2) is 29.6 Å². The average molecular weight is 350 g/mol. The Kier molecular flexibility index (Phi) is 3.39. The molecule has 0 saturated heterocycles. The lowest BCUT2D eigenvalue weighted by atomic mass is 10.4. The van der Waals surface area contributed by atoms with Crippen molar-refractivity contribution in [2.45, 2.75) is 0 Å². The van der Waals surface area contributed by atoms with Crippen molar-refractivity contribution in [1.82, 2.24) is 15.0 Å². The molecule has 0 aliphatic rings. The van der Waals surface area contributed by atoms with Crippen LogP contribution in [0, 0.1) is 3.57 Å². The van der Waals surface area contributed by atoms with Crippen LogP contribution in [-0.2, 0) is 0 Å². The SMILES string of the molecule is O=c1[nH]cnc(Oc2cncc(Cl)c2)c1I. The predicted octanol–water partition coefficient (Wildman–Crippen LogP) is 2.22. The van der Waals surface area contributed by atoms with E-state index in [1.165, 1.54) is 18.7 Å². The molecule has 1 N–H and O–H groups in total. The third-order valence-electron chi connectivity index (χ3n) is 1.66. The van der Waals surface area contributed by atoms with E-state index < -0.39 is 0 Å². The Bertz CT molecular complexity index is 573. The molecule has 0 bridgehead atoms. The van der Waals surface area contributed by atoms with Crippen LogP contribution in [0.2, 0.25) is 5.02 Å². The van der Waals surface area contributed by atoms with Crippen molar-refractivity contribution in [1.29, 1.82) is 0 Å². The number of aromatic amines is 1. The van der Waals surface area contributed by atoms with Crippen LogP contribution in [-0.4, -0.2) is 15.0 Å². The number of nitrogens with one attached hydrogen (secondary N) is 1. The topological polar surface area (TPSA) is 67.9 Å². The molecule has 2 heterocycles. The molecule has 0 aliphatic carbocycles. The summed E-state index contributed by atoms with van der Waals surface area (Å²) >= 11 is 7.61. The number of ether oxygens (including phenoxy) is 1. The monoisotopic (exact) mass is 349 g/mol. The first-order valence-corrected chi connectivity index (χ1v) is 5.64. The molecular formula is C9H5ClIN3O2. The molecule has 2 aromatic rings. The van der Waals surface area contributed by atoms with Crippen molar-refractivity contribution >= 4 is 34.2 Å². The molecule has 0 aromatic carbocycles. The second kappa shape index (κ2) is 4.79. The minimum atomic E-state index is -0.249. The normalized spacial score (nSPS) is 10.1. The summed E-state index contributed by atoms with van der Waals surface area (Å²) in [6, 6.07) is 1.59. The van der Waals surface area contributed by atoms with Gasteiger partial charge in [0.05, 0.1) is 17.5 Å². The van der Waals surface area contributed by atoms with Gasteiger partial charge in [-0.25, -0.2) is 4.98 Å². The van der Waals surface area contributed by atoms with Crippen molar-refractivity contribution in [2.24, 2.45) is 0 Å². The molecule has 7 heteroatoms. The Labute approximate surface area is 109 Å². The van der Waals surface area contributed by atoms with Crippen LogP contribution in [0.3, 0.4) is 0 Å². The lowest BCUT2D eigenvalue weighted by molar-refractivity contribution is 0.454. The first-order valence-electron chi connectivity index (χ1n) is 4.18. The maximum atomic E-state index is 11.3. The highest BCUT2D eigenvalue weighted by Gasteiger charge is 2.07. The van der Waals surface area contributed by atoms with E-state index in [9.17, 15) is 4.79 Å². The Balaban J connectivity index is 2.34. The van der Waals surface area contributed by atoms with E-state index in [4.69, 9.17) is 16.3 Å². The number of nitrogens with zero attached hydrogens (tertiary/aromatic N) is 2. The van der Waals surface area contributed by atoms with Gasteiger partial charge in [-0.05, 0) is 22.6 Å². The van der Waals surface area contributed by atoms with Crippen LogP contribution in [0.1, 0.15) is 0 Å². The quantitative estimate of drug-likeness (QED) is 0.844. The Hall–Kier alpha value is -1.15. The van der Waals surface area contributed by atoms with Crippen molar-refractivity contribution < 1.29 is 4.74 Å². The largest absolute Gasteiger partial charge is 0.436 e. The summed E-state index contributed by atoms with van der Waals surface area (Å²) in [5.74, 6) is 0.664. The highest BCUT2D eigenvalue weighted by molar-refractivity contribution is 14.1. The summed E-state index contributed by atoms with van der Waals surface area (Å²) in [6.07, 6.45) is 4.26. The fraction of sp³-hybridized carbons (Fsp3) is 0. The van der Waals surface area contributed by atoms with Gasteiger partial charge in [-0.15, -0.1) is 0 Å². The average Bonchev–Trinajstić information content (AvgIpc) is 2.25. The third-order valence-corrected chi connectivity index (χ3v) is 2.82. The molecule has 2 aromatic heterocycles. The van der Waals surface area contributed by atoms with E-state index in [2.05, 4.69) is 15.0 Å². The fourth-order valence-corrected chi connectivity index (χ4v) is 1.57. The van der Waals surface area contributed by atoms with Gasteiger partial charge in [-0.2, -0.15) is 0 Å². The van der Waals surface area contributed by atoms with E-state index in [1.807, 2.05) is 22.6 Å². The highest BCUT2D eigenvalue weighted by atomic mass is 127. The molecule has 82 valence electrons. The van der Waals surface area contributed by atoms with Crippen molar-refractivity contribution in [2.75, 3.05) is 0 Å². The summed E-state index contributed by atoms with van der Waals surface area (Å²) in [5, 5.41) is 0.456. The van der Waals surface area contributed by atoms with Gasteiger partial charge in [-0.1, -0.05) is 11.6 Å². The molecule has 0 amide bonds. The molecule has 0 radical (unpaired) electrons. The second-order valence-corrected chi connectivity index (χ2v) is 4.31. The number of halogens is 2. The van der Waals surface area contributed by atoms with Crippen LogP contribution in [0.5, 0.6) is 11.6 Å². The van der Waals surface area contributed by atoms with Crippen LogP contribution in [0.25, 0.3) is 0 Å². The Morgan fingerprint density at radius 2 is 2.25 bits per heavy atom. The van der Waals surface area contributed by atoms with Crippen molar-refractivity contribution in [3.8, 4) is 11.6 Å². The number of rotatable bonds is 2. The lowest BCUT2D eigenvalue weighted by Gasteiger charge is -2.04. The van der Waals surface area contributed by atoms with Crippen LogP contribution >= 0.6 is 34.2 Å². The number of hydrogen-bond acceptors (Lipinski definition) is 4. The molecule has 0 atom stereocenters. The van der Waals surface area contributed by atoms with E-state index in [0.29, 0.717) is 14.3 Å². The number of aromatic nitrogens is 3. The van der Waals surface area contributed by atoms with Crippen LogP contribution < -0.4 is 10.3 Å². The summed E-state index contributed by atoms with van der Waals surface area (Å²) in [5.41, 5.74) is -0.249. The maximum Gasteiger partial charge on any atom is 0.268 e. The summed E-state index contributed by atoms with van der Waals surface area (Å²) in [6.45, 7) is 0. The summed E-state index contributed by atoms with van der Waals surface area (Å²) < 4.78 is 5.76. The Morgan fingerprint density at radius 3 is 3.00 bits per heavy atom. The minimum Gasteiger partial charge on any atom is -0.436 e. The first-order chi connectivity index (χ1) is 7.66. The van der Waals surface area contributed by atoms with Gasteiger partial charge >= 0.3 is 0 Å². The van der Waals surface area contributed by atoms with Gasteiger partial charge in [-0.3, -0.25) is 9.78 Å². The second-order valence-electron chi connectivity index (χ2n) is 2.79. The molecule has 16 heavy (non-hydrogen) atoms. The molecule has 2 rings (SSSR count). The van der Waals surface area contributed by atoms with Crippen LogP contribution in [0.4, 0.5) is 0 Å². The molecular weight excluding hydrogens is 344 g/mol. The number of hydrogen-bond donors (Lipinski definition) is 1. The molecule has 0 aliphatic heterocycles. The zero-order chi connectivity index (χ0) is 11.5. The lowest BCUT2D eigenvalue weighted by Crippen LogP contribution is -2.11. The summed E-state index contributed by atoms with van der Waals surface area (Å²) in [4.78, 5) is 21.5. The molecule has 0 fully saturated rings. The van der Waals surface area contributed by atoms with Gasteiger partial charge in [0.25, 0.3) is 5.56 Å². The van der Waals surface area contributed by atoms with Crippen molar-refractivity contribution in [3.05, 3.63) is 43.7 Å². The van der Waals surface area contributed by atoms with E-state index in [-0.39, 0.29) is 11.4 Å². The predicted molar refractivity (Wildman–Crippen MR) is 66.9 cm³/mol. The Morgan fingerprint density at radius 1 is 1.44 bits per heavy atom. The third kappa shape index (κ3) is 2.50. The maximum absolute atomic E-state index is 11.3. The minimum absolute atomic E-state index is 0.230. The molecule has 5 nitrogen and oxygen atoms in total. The van der Waals surface area contributed by atoms with Gasteiger partial charge in [0.2, 0.25) is 5.88 Å². The highest BCUT2D eigenvalue weighted by Crippen LogP contribution is 2.22. The van der Waals surface area contributed by atoms with Crippen molar-refractivity contribution in [3.63, 3.8) is 0 Å². The standard InChI is InChI=1S/C9H5ClIN3O2/c10-5-1-6(3-12-2-5)16-9-7(11)8(15)13-4-14-9/h1-4H,(H,13,14,15). The summed E-state index contributed by atoms with van der Waals surface area (Å²) in [7, 11) is 0. The molecule has 0 unspecified atom stereocenters. The number of pyridine rings is 1. The van der Waals surface area contributed by atoms with Gasteiger partial charge in [0, 0.05) is 12.3 Å². The van der Waals surface area contributed by atoms with E-state index in [0.717, 1.165) is 0 Å². The fourth-order valence-electron chi connectivity index (χ4n) is 0.998. The molecule has 0 spiro atoms. The zero-order valence-electron chi connectivity index (χ0n) is 7.78. The smallest absolute Gasteiger partial charge is 0.268 e.